The van der Waals surface area contributed by atoms with Gasteiger partial charge >= 0.3 is 6.18 Å². The third-order valence-corrected chi connectivity index (χ3v) is 4.65. The molecule has 1 aromatic heterocycles. The predicted molar refractivity (Wildman–Crippen MR) is 119 cm³/mol. The first kappa shape index (κ1) is 25.5. The number of hydrogen-bond donors (Lipinski definition) is 3. The van der Waals surface area contributed by atoms with Gasteiger partial charge in [-0.15, -0.1) is 6.42 Å². The molecule has 0 unspecified atom stereocenters. The lowest BCUT2D eigenvalue weighted by molar-refractivity contribution is -0.141. The third-order valence-electron chi connectivity index (χ3n) is 4.65. The summed E-state index contributed by atoms with van der Waals surface area (Å²) in [6.07, 6.45) is 2.36. The largest absolute Gasteiger partial charge is 0.494 e. The Kier molecular flexibility index (Phi) is 8.32. The lowest BCUT2D eigenvalue weighted by Crippen LogP contribution is -2.34. The molecule has 0 saturated carbocycles. The van der Waals surface area contributed by atoms with Gasteiger partial charge in [-0.3, -0.25) is 4.79 Å². The van der Waals surface area contributed by atoms with Crippen LogP contribution in [0.2, 0.25) is 0 Å². The number of unbranched alkanes of at least 4 members (excludes halogenated alkanes) is 1. The van der Waals surface area contributed by atoms with E-state index in [-0.39, 0.29) is 39.4 Å². The lowest BCUT2D eigenvalue weighted by Gasteiger charge is -2.19. The zero-order chi connectivity index (χ0) is 24.8. The maximum atomic E-state index is 13.2. The summed E-state index contributed by atoms with van der Waals surface area (Å²) in [5.41, 5.74) is 10.7. The fraction of sp³-hybridized carbons (Fsp3) is 0.304. The number of methoxy groups -OCH3 is 1. The summed E-state index contributed by atoms with van der Waals surface area (Å²) in [4.78, 5) is 16.1. The van der Waals surface area contributed by atoms with Crippen LogP contribution in [0, 0.1) is 12.3 Å². The summed E-state index contributed by atoms with van der Waals surface area (Å²) in [6.45, 7) is 6.17. The summed E-state index contributed by atoms with van der Waals surface area (Å²) in [5.74, 6) is 1.49. The first-order chi connectivity index (χ1) is 15.5. The number of aromatic nitrogens is 1. The van der Waals surface area contributed by atoms with Crippen LogP contribution >= 0.6 is 0 Å². The van der Waals surface area contributed by atoms with E-state index < -0.39 is 23.8 Å². The van der Waals surface area contributed by atoms with Gasteiger partial charge in [0, 0.05) is 17.5 Å². The van der Waals surface area contributed by atoms with E-state index in [1.54, 1.807) is 0 Å². The second-order valence-corrected chi connectivity index (χ2v) is 6.96. The molecule has 0 aliphatic heterocycles. The van der Waals surface area contributed by atoms with Crippen molar-refractivity contribution in [3.05, 3.63) is 53.6 Å². The van der Waals surface area contributed by atoms with Crippen LogP contribution < -0.4 is 21.5 Å². The molecule has 0 aliphatic carbocycles. The summed E-state index contributed by atoms with van der Waals surface area (Å²) >= 11 is 0. The molecule has 0 radical (unpaired) electrons. The number of benzene rings is 1. The van der Waals surface area contributed by atoms with Gasteiger partial charge in [0.05, 0.1) is 7.11 Å². The molecule has 33 heavy (non-hydrogen) atoms. The first-order valence-corrected chi connectivity index (χ1v) is 9.96. The zero-order valence-corrected chi connectivity index (χ0v) is 18.3. The predicted octanol–water partition coefficient (Wildman–Crippen LogP) is 3.30. The van der Waals surface area contributed by atoms with E-state index in [4.69, 9.17) is 27.4 Å². The number of ether oxygens (including phenoxy) is 2. The molecule has 176 valence electrons. The summed E-state index contributed by atoms with van der Waals surface area (Å²) < 4.78 is 50.3. The van der Waals surface area contributed by atoms with E-state index in [0.717, 1.165) is 18.9 Å². The normalized spacial score (nSPS) is 13.0. The number of pyridine rings is 1. The fourth-order valence-corrected chi connectivity index (χ4v) is 2.89. The number of carbonyl (C=O) groups is 1. The van der Waals surface area contributed by atoms with Gasteiger partial charge in [-0.1, -0.05) is 25.8 Å². The minimum atomic E-state index is -4.64. The molecule has 10 heteroatoms. The minimum Gasteiger partial charge on any atom is -0.494 e. The molecule has 7 nitrogen and oxygen atoms in total. The van der Waals surface area contributed by atoms with Crippen LogP contribution in [0.1, 0.15) is 31.0 Å². The van der Waals surface area contributed by atoms with Crippen molar-refractivity contribution in [1.29, 1.82) is 0 Å². The fourth-order valence-electron chi connectivity index (χ4n) is 2.89. The molecular weight excluding hydrogens is 437 g/mol. The molecule has 2 rings (SSSR count). The number of nitrogens with zero attached hydrogens (tertiary/aromatic N) is 1. The van der Waals surface area contributed by atoms with Gasteiger partial charge in [0.25, 0.3) is 5.91 Å². The van der Waals surface area contributed by atoms with Gasteiger partial charge in [-0.25, -0.2) is 4.98 Å². The van der Waals surface area contributed by atoms with E-state index in [1.807, 2.05) is 6.92 Å². The Morgan fingerprint density at radius 1 is 1.33 bits per heavy atom. The van der Waals surface area contributed by atoms with E-state index in [9.17, 15) is 18.0 Å². The Labute approximate surface area is 189 Å². The van der Waals surface area contributed by atoms with Crippen LogP contribution in [-0.4, -0.2) is 30.6 Å². The van der Waals surface area contributed by atoms with Gasteiger partial charge in [0.2, 0.25) is 0 Å². The van der Waals surface area contributed by atoms with Gasteiger partial charge in [0.15, 0.2) is 5.76 Å². The van der Waals surface area contributed by atoms with Gasteiger partial charge in [0.1, 0.15) is 34.5 Å². The van der Waals surface area contributed by atoms with Crippen LogP contribution in [0.25, 0.3) is 16.7 Å². The number of terminal acetylenes is 1. The van der Waals surface area contributed by atoms with E-state index >= 15 is 0 Å². The van der Waals surface area contributed by atoms with Crippen molar-refractivity contribution in [2.45, 2.75) is 32.0 Å². The topological polar surface area (TPSA) is 112 Å². The molecule has 1 heterocycles. The summed E-state index contributed by atoms with van der Waals surface area (Å²) in [7, 11) is 1.31. The minimum absolute atomic E-state index is 0.0470. The highest BCUT2D eigenvalue weighted by atomic mass is 19.4. The highest BCUT2D eigenvalue weighted by Gasteiger charge is 2.33. The molecule has 0 saturated heterocycles. The Balaban J connectivity index is 2.50. The Morgan fingerprint density at radius 3 is 2.61 bits per heavy atom. The van der Waals surface area contributed by atoms with Gasteiger partial charge in [-0.05, 0) is 30.7 Å². The first-order valence-electron chi connectivity index (χ1n) is 9.96. The van der Waals surface area contributed by atoms with Crippen molar-refractivity contribution < 1.29 is 27.4 Å². The Hall–Kier alpha value is -3.71. The molecule has 1 atom stereocenters. The van der Waals surface area contributed by atoms with Gasteiger partial charge in [-0.2, -0.15) is 13.2 Å². The monoisotopic (exact) mass is 462 g/mol. The molecule has 5 N–H and O–H groups in total. The smallest absolute Gasteiger partial charge is 0.433 e. The van der Waals surface area contributed by atoms with Gasteiger partial charge < -0.3 is 26.3 Å². The Bertz CT molecular complexity index is 1120. The summed E-state index contributed by atoms with van der Waals surface area (Å²) in [6, 6.07) is 3.83. The van der Waals surface area contributed by atoms with E-state index in [2.05, 4.69) is 22.8 Å². The molecule has 1 amide bonds. The van der Waals surface area contributed by atoms with Crippen molar-refractivity contribution >= 4 is 22.6 Å². The number of amides is 1. The highest BCUT2D eigenvalue weighted by molar-refractivity contribution is 5.95. The number of carbonyl (C=O) groups excluding carboxylic acids is 1. The third kappa shape index (κ3) is 5.96. The molecule has 1 aromatic carbocycles. The zero-order valence-electron chi connectivity index (χ0n) is 18.3. The lowest BCUT2D eigenvalue weighted by atomic mass is 10.1. The van der Waals surface area contributed by atoms with Crippen LogP contribution in [0.4, 0.5) is 13.2 Å². The average Bonchev–Trinajstić information content (AvgIpc) is 2.79. The SMILES string of the molecule is C#C[C@H](N)/C(OC(=C)c1ccc(OC)c2nc(C(F)(F)F)ccc12)=C(/N)C(=O)NCCCC. The number of halogens is 3. The van der Waals surface area contributed by atoms with E-state index in [1.165, 1.54) is 25.3 Å². The standard InChI is InChI=1S/C23H25F3N4O3/c1-5-7-12-29-22(31)19(28)21(16(27)6-2)33-13(3)14-8-10-17(32-4)20-15(14)9-11-18(30-20)23(24,25)26/h2,8-11,16H,3,5,7,12,27-28H2,1,4H3,(H,29,31)/b21-19-/t16-/m0/s1. The quantitative estimate of drug-likeness (QED) is 0.228. The van der Waals surface area contributed by atoms with Crippen molar-refractivity contribution in [2.24, 2.45) is 11.5 Å². The van der Waals surface area contributed by atoms with E-state index in [0.29, 0.717) is 6.54 Å². The number of fused-ring (bicyclic) bond motifs is 1. The van der Waals surface area contributed by atoms with Crippen LogP contribution in [-0.2, 0) is 15.7 Å². The molecule has 0 aliphatic rings. The van der Waals surface area contributed by atoms with Crippen LogP contribution in [0.5, 0.6) is 5.75 Å². The number of alkyl halides is 3. The van der Waals surface area contributed by atoms with Crippen LogP contribution in [0.15, 0.2) is 42.3 Å². The number of hydrogen-bond acceptors (Lipinski definition) is 6. The summed E-state index contributed by atoms with van der Waals surface area (Å²) in [5, 5.41) is 2.90. The number of rotatable bonds is 9. The van der Waals surface area contributed by atoms with Crippen molar-refractivity contribution in [3.8, 4) is 18.1 Å². The highest BCUT2D eigenvalue weighted by Crippen LogP contribution is 2.35. The maximum absolute atomic E-state index is 13.2. The Morgan fingerprint density at radius 2 is 2.03 bits per heavy atom. The molecule has 0 fully saturated rings. The maximum Gasteiger partial charge on any atom is 0.433 e. The van der Waals surface area contributed by atoms with Crippen molar-refractivity contribution in [2.75, 3.05) is 13.7 Å². The molecule has 0 bridgehead atoms. The average molecular weight is 462 g/mol. The second kappa shape index (κ2) is 10.7. The van der Waals surface area contributed by atoms with Crippen molar-refractivity contribution in [3.63, 3.8) is 0 Å². The molecule has 2 aromatic rings. The van der Waals surface area contributed by atoms with Crippen molar-refractivity contribution in [1.82, 2.24) is 10.3 Å². The number of nitrogens with one attached hydrogen (secondary N) is 1. The van der Waals surface area contributed by atoms with Crippen LogP contribution in [0.3, 0.4) is 0 Å². The molecular formula is C23H25F3N4O3. The molecule has 0 spiro atoms. The number of nitrogens with two attached hydrogens (primary N) is 2. The second-order valence-electron chi connectivity index (χ2n) is 6.96.